The second kappa shape index (κ2) is 6.92. The predicted octanol–water partition coefficient (Wildman–Crippen LogP) is 3.40. The third kappa shape index (κ3) is 3.68. The maximum Gasteiger partial charge on any atom is 0.251 e. The predicted molar refractivity (Wildman–Crippen MR) is 88.9 cm³/mol. The average molecular weight is 347 g/mol. The summed E-state index contributed by atoms with van der Waals surface area (Å²) in [6, 6.07) is 7.14. The number of aromatic nitrogens is 2. The number of halogens is 2. The fraction of sp³-hybridized carbons (Fsp3) is 0.176. The topological polar surface area (TPSA) is 46.9 Å². The summed E-state index contributed by atoms with van der Waals surface area (Å²) in [5.74, 6) is -2.41. The Bertz CT molecular complexity index is 872. The summed E-state index contributed by atoms with van der Waals surface area (Å²) in [5.41, 5.74) is 1.16. The lowest BCUT2D eigenvalue weighted by atomic mass is 10.2. The van der Waals surface area contributed by atoms with Gasteiger partial charge in [0.05, 0.1) is 6.20 Å². The fourth-order valence-corrected chi connectivity index (χ4v) is 3.24. The van der Waals surface area contributed by atoms with Gasteiger partial charge in [-0.2, -0.15) is 5.10 Å². The number of rotatable bonds is 5. The molecule has 4 nitrogen and oxygen atoms in total. The number of amides is 1. The molecule has 1 amide bonds. The zero-order valence-corrected chi connectivity index (χ0v) is 13.7. The average Bonchev–Trinajstić information content (AvgIpc) is 3.19. The van der Waals surface area contributed by atoms with E-state index in [1.807, 2.05) is 25.4 Å². The second-order valence-corrected chi connectivity index (χ2v) is 6.47. The summed E-state index contributed by atoms with van der Waals surface area (Å²) in [6.45, 7) is 0.421. The number of carbonyl (C=O) groups excluding carboxylic acids is 1. The molecule has 1 N–H and O–H groups in total. The van der Waals surface area contributed by atoms with Gasteiger partial charge in [0.25, 0.3) is 5.91 Å². The van der Waals surface area contributed by atoms with E-state index in [2.05, 4.69) is 10.4 Å². The monoisotopic (exact) mass is 347 g/mol. The van der Waals surface area contributed by atoms with Gasteiger partial charge >= 0.3 is 0 Å². The van der Waals surface area contributed by atoms with Crippen molar-refractivity contribution in [1.82, 2.24) is 15.1 Å². The molecule has 24 heavy (non-hydrogen) atoms. The Morgan fingerprint density at radius 3 is 2.79 bits per heavy atom. The minimum Gasteiger partial charge on any atom is -0.352 e. The Labute approximate surface area is 141 Å². The minimum absolute atomic E-state index is 0.108. The SMILES string of the molecule is Cn1cc(-c2ccc(CCNC(=O)c3ccc(F)c(F)c3)s2)cn1. The van der Waals surface area contributed by atoms with Crippen LogP contribution in [0, 0.1) is 11.6 Å². The van der Waals surface area contributed by atoms with Crippen molar-refractivity contribution in [3.63, 3.8) is 0 Å². The standard InChI is InChI=1S/C17H15F2N3OS/c1-22-10-12(9-21-22)16-5-3-13(24-16)6-7-20-17(23)11-2-4-14(18)15(19)8-11/h2-5,8-10H,6-7H2,1H3,(H,20,23). The molecule has 0 atom stereocenters. The molecular formula is C17H15F2N3OS. The summed E-state index contributed by atoms with van der Waals surface area (Å²) in [6.07, 6.45) is 4.42. The van der Waals surface area contributed by atoms with Gasteiger partial charge in [-0.05, 0) is 36.8 Å². The van der Waals surface area contributed by atoms with Crippen LogP contribution in [0.1, 0.15) is 15.2 Å². The molecule has 2 heterocycles. The fourth-order valence-electron chi connectivity index (χ4n) is 2.25. The largest absolute Gasteiger partial charge is 0.352 e. The number of hydrogen-bond acceptors (Lipinski definition) is 3. The Morgan fingerprint density at radius 2 is 2.08 bits per heavy atom. The first kappa shape index (κ1) is 16.3. The van der Waals surface area contributed by atoms with E-state index < -0.39 is 17.5 Å². The molecule has 0 aliphatic heterocycles. The number of thiophene rings is 1. The molecule has 0 fully saturated rings. The lowest BCUT2D eigenvalue weighted by Gasteiger charge is -2.04. The normalized spacial score (nSPS) is 10.8. The molecule has 0 saturated carbocycles. The molecule has 0 saturated heterocycles. The van der Waals surface area contributed by atoms with E-state index in [-0.39, 0.29) is 5.56 Å². The lowest BCUT2D eigenvalue weighted by molar-refractivity contribution is 0.0953. The first-order valence-electron chi connectivity index (χ1n) is 7.34. The molecule has 2 aromatic heterocycles. The van der Waals surface area contributed by atoms with Crippen LogP contribution in [-0.2, 0) is 13.5 Å². The summed E-state index contributed by atoms with van der Waals surface area (Å²) in [7, 11) is 1.87. The third-order valence-corrected chi connectivity index (χ3v) is 4.68. The van der Waals surface area contributed by atoms with Gasteiger partial charge in [-0.1, -0.05) is 0 Å². The summed E-state index contributed by atoms with van der Waals surface area (Å²) < 4.78 is 27.7. The van der Waals surface area contributed by atoms with Crippen molar-refractivity contribution in [3.8, 4) is 10.4 Å². The van der Waals surface area contributed by atoms with Crippen molar-refractivity contribution in [1.29, 1.82) is 0 Å². The molecule has 0 spiro atoms. The molecule has 7 heteroatoms. The van der Waals surface area contributed by atoms with Crippen molar-refractivity contribution < 1.29 is 13.6 Å². The van der Waals surface area contributed by atoms with Gasteiger partial charge in [0.15, 0.2) is 11.6 Å². The quantitative estimate of drug-likeness (QED) is 0.769. The second-order valence-electron chi connectivity index (χ2n) is 5.30. The van der Waals surface area contributed by atoms with Crippen molar-refractivity contribution in [2.24, 2.45) is 7.05 Å². The molecule has 3 rings (SSSR count). The molecule has 124 valence electrons. The molecule has 0 unspecified atom stereocenters. The molecule has 3 aromatic rings. The Morgan fingerprint density at radius 1 is 1.25 bits per heavy atom. The van der Waals surface area contributed by atoms with Crippen molar-refractivity contribution in [3.05, 3.63) is 64.8 Å². The number of aryl methyl sites for hydroxylation is 1. The van der Waals surface area contributed by atoms with Crippen LogP contribution in [0.3, 0.4) is 0 Å². The van der Waals surface area contributed by atoms with Crippen molar-refractivity contribution >= 4 is 17.2 Å². The third-order valence-electron chi connectivity index (χ3n) is 3.49. The van der Waals surface area contributed by atoms with E-state index in [1.54, 1.807) is 22.2 Å². The molecule has 0 aliphatic rings. The highest BCUT2D eigenvalue weighted by atomic mass is 32.1. The van der Waals surface area contributed by atoms with E-state index in [0.29, 0.717) is 13.0 Å². The van der Waals surface area contributed by atoms with Crippen molar-refractivity contribution in [2.45, 2.75) is 6.42 Å². The minimum atomic E-state index is -1.03. The van der Waals surface area contributed by atoms with E-state index in [9.17, 15) is 13.6 Å². The first-order chi connectivity index (χ1) is 11.5. The van der Waals surface area contributed by atoms with Crippen molar-refractivity contribution in [2.75, 3.05) is 6.54 Å². The van der Waals surface area contributed by atoms with Gasteiger partial charge in [0.2, 0.25) is 0 Å². The van der Waals surface area contributed by atoms with Crippen LogP contribution in [0.4, 0.5) is 8.78 Å². The van der Waals surface area contributed by atoms with E-state index in [4.69, 9.17) is 0 Å². The Kier molecular flexibility index (Phi) is 4.71. The smallest absolute Gasteiger partial charge is 0.251 e. The zero-order chi connectivity index (χ0) is 17.1. The number of nitrogens with zero attached hydrogens (tertiary/aromatic N) is 2. The van der Waals surface area contributed by atoms with Gasteiger partial charge in [-0.3, -0.25) is 9.48 Å². The molecular weight excluding hydrogens is 332 g/mol. The van der Waals surface area contributed by atoms with E-state index >= 15 is 0 Å². The van der Waals surface area contributed by atoms with Gasteiger partial charge < -0.3 is 5.32 Å². The Balaban J connectivity index is 1.55. The van der Waals surface area contributed by atoms with E-state index in [1.165, 1.54) is 6.07 Å². The van der Waals surface area contributed by atoms with E-state index in [0.717, 1.165) is 27.5 Å². The van der Waals surface area contributed by atoms with Crippen LogP contribution in [0.15, 0.2) is 42.7 Å². The number of nitrogens with one attached hydrogen (secondary N) is 1. The summed E-state index contributed by atoms with van der Waals surface area (Å²) in [4.78, 5) is 14.2. The summed E-state index contributed by atoms with van der Waals surface area (Å²) >= 11 is 1.64. The molecule has 0 radical (unpaired) electrons. The van der Waals surface area contributed by atoms with Gasteiger partial charge in [0, 0.05) is 40.7 Å². The van der Waals surface area contributed by atoms with Crippen LogP contribution >= 0.6 is 11.3 Å². The maximum atomic E-state index is 13.1. The van der Waals surface area contributed by atoms with Gasteiger partial charge in [-0.15, -0.1) is 11.3 Å². The maximum absolute atomic E-state index is 13.1. The van der Waals surface area contributed by atoms with Crippen LogP contribution in [0.2, 0.25) is 0 Å². The first-order valence-corrected chi connectivity index (χ1v) is 8.15. The number of carbonyl (C=O) groups is 1. The van der Waals surface area contributed by atoms with Crippen LogP contribution in [0.25, 0.3) is 10.4 Å². The molecule has 0 bridgehead atoms. The van der Waals surface area contributed by atoms with Crippen LogP contribution < -0.4 is 5.32 Å². The van der Waals surface area contributed by atoms with Crippen LogP contribution in [-0.4, -0.2) is 22.2 Å². The zero-order valence-electron chi connectivity index (χ0n) is 12.9. The van der Waals surface area contributed by atoms with Gasteiger partial charge in [-0.25, -0.2) is 8.78 Å². The number of benzene rings is 1. The highest BCUT2D eigenvalue weighted by Crippen LogP contribution is 2.27. The highest BCUT2D eigenvalue weighted by molar-refractivity contribution is 7.15. The highest BCUT2D eigenvalue weighted by Gasteiger charge is 2.10. The molecule has 1 aromatic carbocycles. The number of hydrogen-bond donors (Lipinski definition) is 1. The van der Waals surface area contributed by atoms with Crippen LogP contribution in [0.5, 0.6) is 0 Å². The lowest BCUT2D eigenvalue weighted by Crippen LogP contribution is -2.25. The molecule has 0 aliphatic carbocycles. The van der Waals surface area contributed by atoms with Gasteiger partial charge in [0.1, 0.15) is 0 Å². The Hall–Kier alpha value is -2.54. The summed E-state index contributed by atoms with van der Waals surface area (Å²) in [5, 5.41) is 6.85.